The molecule has 6 nitrogen and oxygen atoms in total. The van der Waals surface area contributed by atoms with Crippen LogP contribution in [0.15, 0.2) is 0 Å². The number of aromatic amines is 1. The summed E-state index contributed by atoms with van der Waals surface area (Å²) in [6.45, 7) is 8.80. The number of amides is 1. The zero-order chi connectivity index (χ0) is 14.1. The second-order valence-corrected chi connectivity index (χ2v) is 6.24. The van der Waals surface area contributed by atoms with E-state index in [9.17, 15) is 4.79 Å². The van der Waals surface area contributed by atoms with Crippen molar-refractivity contribution in [3.8, 4) is 0 Å². The van der Waals surface area contributed by atoms with E-state index >= 15 is 0 Å². The van der Waals surface area contributed by atoms with Gasteiger partial charge in [0, 0.05) is 38.6 Å². The molecule has 1 amide bonds. The molecule has 1 aliphatic carbocycles. The van der Waals surface area contributed by atoms with Crippen LogP contribution in [0.2, 0.25) is 0 Å². The molecule has 2 fully saturated rings. The molecular weight excluding hydrogens is 254 g/mol. The van der Waals surface area contributed by atoms with Gasteiger partial charge in [-0.3, -0.25) is 14.8 Å². The first-order valence-electron chi connectivity index (χ1n) is 7.57. The van der Waals surface area contributed by atoms with Gasteiger partial charge in [0.1, 0.15) is 5.82 Å². The first kappa shape index (κ1) is 13.5. The summed E-state index contributed by atoms with van der Waals surface area (Å²) in [4.78, 5) is 21.0. The first-order valence-corrected chi connectivity index (χ1v) is 7.57. The van der Waals surface area contributed by atoms with E-state index in [-0.39, 0.29) is 11.8 Å². The van der Waals surface area contributed by atoms with Crippen molar-refractivity contribution >= 4 is 5.91 Å². The lowest BCUT2D eigenvalue weighted by molar-refractivity contribution is 0.0620. The summed E-state index contributed by atoms with van der Waals surface area (Å²) < 4.78 is 0. The minimum absolute atomic E-state index is 0.0424. The van der Waals surface area contributed by atoms with Crippen LogP contribution >= 0.6 is 0 Å². The molecule has 2 heterocycles. The highest BCUT2D eigenvalue weighted by atomic mass is 16.2. The van der Waals surface area contributed by atoms with Crippen molar-refractivity contribution in [1.82, 2.24) is 25.0 Å². The third-order valence-corrected chi connectivity index (χ3v) is 4.11. The molecule has 0 bridgehead atoms. The molecule has 1 N–H and O–H groups in total. The molecule has 1 saturated carbocycles. The smallest absolute Gasteiger partial charge is 0.293 e. The molecular formula is C14H23N5O. The van der Waals surface area contributed by atoms with E-state index in [0.29, 0.717) is 5.82 Å². The van der Waals surface area contributed by atoms with Gasteiger partial charge in [0.2, 0.25) is 5.82 Å². The summed E-state index contributed by atoms with van der Waals surface area (Å²) in [5.74, 6) is 2.22. The predicted octanol–water partition coefficient (Wildman–Crippen LogP) is 1.10. The summed E-state index contributed by atoms with van der Waals surface area (Å²) in [5.41, 5.74) is 0. The SMILES string of the molecule is CC(C)c1nc(C(=O)N2CCN(CC3CC3)CC2)n[nH]1. The predicted molar refractivity (Wildman–Crippen MR) is 75.5 cm³/mol. The van der Waals surface area contributed by atoms with Gasteiger partial charge in [-0.15, -0.1) is 5.10 Å². The van der Waals surface area contributed by atoms with Crippen LogP contribution in [0.5, 0.6) is 0 Å². The van der Waals surface area contributed by atoms with Crippen LogP contribution in [-0.4, -0.2) is 63.6 Å². The summed E-state index contributed by atoms with van der Waals surface area (Å²) >= 11 is 0. The zero-order valence-electron chi connectivity index (χ0n) is 12.3. The second-order valence-electron chi connectivity index (χ2n) is 6.24. The molecule has 2 aliphatic rings. The Morgan fingerprint density at radius 1 is 1.30 bits per heavy atom. The zero-order valence-corrected chi connectivity index (χ0v) is 12.3. The van der Waals surface area contributed by atoms with E-state index in [0.717, 1.165) is 37.9 Å². The number of rotatable bonds is 4. The lowest BCUT2D eigenvalue weighted by Crippen LogP contribution is -2.49. The Morgan fingerprint density at radius 3 is 2.55 bits per heavy atom. The van der Waals surface area contributed by atoms with E-state index in [1.165, 1.54) is 19.4 Å². The molecule has 3 rings (SSSR count). The van der Waals surface area contributed by atoms with Crippen LogP contribution in [0.1, 0.15) is 49.1 Å². The number of carbonyl (C=O) groups excluding carboxylic acids is 1. The van der Waals surface area contributed by atoms with Crippen molar-refractivity contribution in [2.24, 2.45) is 5.92 Å². The Kier molecular flexibility index (Phi) is 3.74. The highest BCUT2D eigenvalue weighted by Gasteiger charge is 2.29. The van der Waals surface area contributed by atoms with Crippen LogP contribution < -0.4 is 0 Å². The first-order chi connectivity index (χ1) is 9.63. The number of hydrogen-bond acceptors (Lipinski definition) is 4. The molecule has 0 aromatic carbocycles. The Hall–Kier alpha value is -1.43. The van der Waals surface area contributed by atoms with Crippen molar-refractivity contribution in [2.75, 3.05) is 32.7 Å². The van der Waals surface area contributed by atoms with Gasteiger partial charge in [0.25, 0.3) is 5.91 Å². The van der Waals surface area contributed by atoms with E-state index in [4.69, 9.17) is 0 Å². The van der Waals surface area contributed by atoms with Gasteiger partial charge in [-0.05, 0) is 18.8 Å². The fourth-order valence-corrected chi connectivity index (χ4v) is 2.57. The average Bonchev–Trinajstić information content (AvgIpc) is 3.11. The van der Waals surface area contributed by atoms with Gasteiger partial charge in [-0.2, -0.15) is 0 Å². The monoisotopic (exact) mass is 277 g/mol. The number of carbonyl (C=O) groups is 1. The normalized spacial score (nSPS) is 20.6. The molecule has 1 saturated heterocycles. The number of aromatic nitrogens is 3. The number of hydrogen-bond donors (Lipinski definition) is 1. The van der Waals surface area contributed by atoms with Crippen LogP contribution in [-0.2, 0) is 0 Å². The summed E-state index contributed by atoms with van der Waals surface area (Å²) in [5, 5.41) is 6.90. The van der Waals surface area contributed by atoms with Crippen molar-refractivity contribution in [1.29, 1.82) is 0 Å². The standard InChI is InChI=1S/C14H23N5O/c1-10(2)12-15-13(17-16-12)14(20)19-7-5-18(6-8-19)9-11-3-4-11/h10-11H,3-9H2,1-2H3,(H,15,16,17). The minimum atomic E-state index is -0.0424. The van der Waals surface area contributed by atoms with E-state index in [1.807, 2.05) is 18.7 Å². The third-order valence-electron chi connectivity index (χ3n) is 4.11. The fraction of sp³-hybridized carbons (Fsp3) is 0.786. The third kappa shape index (κ3) is 3.00. The topological polar surface area (TPSA) is 65.1 Å². The Balaban J connectivity index is 1.54. The summed E-state index contributed by atoms with van der Waals surface area (Å²) in [6, 6.07) is 0. The number of nitrogens with zero attached hydrogens (tertiary/aromatic N) is 4. The number of nitrogens with one attached hydrogen (secondary N) is 1. The quantitative estimate of drug-likeness (QED) is 0.895. The van der Waals surface area contributed by atoms with Gasteiger partial charge in [0.15, 0.2) is 0 Å². The molecule has 0 atom stereocenters. The van der Waals surface area contributed by atoms with Gasteiger partial charge in [-0.25, -0.2) is 4.98 Å². The Morgan fingerprint density at radius 2 is 2.00 bits per heavy atom. The molecule has 1 aromatic rings. The van der Waals surface area contributed by atoms with E-state index < -0.39 is 0 Å². The largest absolute Gasteiger partial charge is 0.333 e. The maximum Gasteiger partial charge on any atom is 0.293 e. The Bertz CT molecular complexity index is 472. The van der Waals surface area contributed by atoms with Crippen LogP contribution in [0, 0.1) is 5.92 Å². The highest BCUT2D eigenvalue weighted by Crippen LogP contribution is 2.29. The van der Waals surface area contributed by atoms with E-state index in [1.54, 1.807) is 0 Å². The maximum absolute atomic E-state index is 12.3. The maximum atomic E-state index is 12.3. The van der Waals surface area contributed by atoms with Crippen molar-refractivity contribution < 1.29 is 4.79 Å². The van der Waals surface area contributed by atoms with Crippen LogP contribution in [0.4, 0.5) is 0 Å². The molecule has 0 spiro atoms. The van der Waals surface area contributed by atoms with Crippen molar-refractivity contribution in [3.05, 3.63) is 11.6 Å². The fourth-order valence-electron chi connectivity index (χ4n) is 2.57. The molecule has 0 radical (unpaired) electrons. The van der Waals surface area contributed by atoms with Crippen LogP contribution in [0.25, 0.3) is 0 Å². The van der Waals surface area contributed by atoms with Crippen LogP contribution in [0.3, 0.4) is 0 Å². The minimum Gasteiger partial charge on any atom is -0.333 e. The molecule has 1 aliphatic heterocycles. The van der Waals surface area contributed by atoms with E-state index in [2.05, 4.69) is 20.1 Å². The highest BCUT2D eigenvalue weighted by molar-refractivity contribution is 5.90. The number of piperazine rings is 1. The Labute approximate surface area is 119 Å². The lowest BCUT2D eigenvalue weighted by Gasteiger charge is -2.34. The molecule has 6 heteroatoms. The molecule has 1 aromatic heterocycles. The summed E-state index contributed by atoms with van der Waals surface area (Å²) in [7, 11) is 0. The van der Waals surface area contributed by atoms with Gasteiger partial charge >= 0.3 is 0 Å². The second kappa shape index (κ2) is 5.52. The number of H-pyrrole nitrogens is 1. The molecule has 110 valence electrons. The van der Waals surface area contributed by atoms with Crippen molar-refractivity contribution in [2.45, 2.75) is 32.6 Å². The molecule has 0 unspecified atom stereocenters. The average molecular weight is 277 g/mol. The lowest BCUT2D eigenvalue weighted by atomic mass is 10.2. The van der Waals surface area contributed by atoms with Gasteiger partial charge in [-0.1, -0.05) is 13.8 Å². The molecule has 20 heavy (non-hydrogen) atoms. The van der Waals surface area contributed by atoms with Crippen molar-refractivity contribution in [3.63, 3.8) is 0 Å². The van der Waals surface area contributed by atoms with Gasteiger partial charge in [0.05, 0.1) is 0 Å². The summed E-state index contributed by atoms with van der Waals surface area (Å²) in [6.07, 6.45) is 2.77. The van der Waals surface area contributed by atoms with Gasteiger partial charge < -0.3 is 4.90 Å².